The molecule has 4 aromatic rings. The van der Waals surface area contributed by atoms with Gasteiger partial charge in [-0.15, -0.1) is 0 Å². The molecular formula is C36H40FN3O4S. The fourth-order valence-electron chi connectivity index (χ4n) is 5.11. The average molecular weight is 630 g/mol. The summed E-state index contributed by atoms with van der Waals surface area (Å²) in [5.41, 5.74) is 2.93. The minimum absolute atomic E-state index is 0.0255. The number of rotatable bonds is 14. The lowest BCUT2D eigenvalue weighted by Gasteiger charge is -2.34. The predicted molar refractivity (Wildman–Crippen MR) is 176 cm³/mol. The van der Waals surface area contributed by atoms with Gasteiger partial charge in [0.2, 0.25) is 11.8 Å². The maximum absolute atomic E-state index is 15.0. The molecular weight excluding hydrogens is 589 g/mol. The fraction of sp³-hybridized carbons (Fsp3) is 0.278. The molecule has 1 N–H and O–H groups in total. The van der Waals surface area contributed by atoms with Gasteiger partial charge in [-0.3, -0.25) is 13.9 Å². The molecule has 0 unspecified atom stereocenters. The zero-order chi connectivity index (χ0) is 32.4. The number of unbranched alkanes of at least 4 members (excludes halogenated alkanes) is 1. The van der Waals surface area contributed by atoms with Gasteiger partial charge in [0.1, 0.15) is 18.4 Å². The molecule has 0 aliphatic carbocycles. The summed E-state index contributed by atoms with van der Waals surface area (Å²) in [5.74, 6) is -1.55. The molecule has 0 bridgehead atoms. The van der Waals surface area contributed by atoms with Gasteiger partial charge in [-0.05, 0) is 61.2 Å². The van der Waals surface area contributed by atoms with Crippen molar-refractivity contribution in [1.29, 1.82) is 0 Å². The molecule has 1 atom stereocenters. The van der Waals surface area contributed by atoms with Crippen molar-refractivity contribution in [2.24, 2.45) is 0 Å². The number of halogens is 1. The summed E-state index contributed by atoms with van der Waals surface area (Å²) >= 11 is 0. The van der Waals surface area contributed by atoms with Gasteiger partial charge >= 0.3 is 0 Å². The van der Waals surface area contributed by atoms with E-state index in [1.54, 1.807) is 55.5 Å². The summed E-state index contributed by atoms with van der Waals surface area (Å²) in [5, 5.41) is 2.94. The van der Waals surface area contributed by atoms with Crippen LogP contribution in [0.3, 0.4) is 0 Å². The highest BCUT2D eigenvalue weighted by Gasteiger charge is 2.35. The molecule has 2 amide bonds. The number of sulfonamides is 1. The molecule has 0 saturated carbocycles. The molecule has 7 nitrogen and oxygen atoms in total. The number of hydrogen-bond acceptors (Lipinski definition) is 4. The summed E-state index contributed by atoms with van der Waals surface area (Å²) in [7, 11) is -4.21. The molecule has 0 radical (unpaired) electrons. The number of anilines is 1. The van der Waals surface area contributed by atoms with Crippen LogP contribution in [-0.2, 0) is 32.6 Å². The summed E-state index contributed by atoms with van der Waals surface area (Å²) in [4.78, 5) is 29.6. The van der Waals surface area contributed by atoms with Crippen LogP contribution in [0.1, 0.15) is 42.0 Å². The Kier molecular flexibility index (Phi) is 11.5. The number of hydrogen-bond donors (Lipinski definition) is 1. The third-order valence-corrected chi connectivity index (χ3v) is 9.63. The van der Waals surface area contributed by atoms with Crippen molar-refractivity contribution >= 4 is 27.5 Å². The second-order valence-corrected chi connectivity index (χ2v) is 12.9. The first-order valence-electron chi connectivity index (χ1n) is 15.1. The van der Waals surface area contributed by atoms with Crippen molar-refractivity contribution in [3.8, 4) is 0 Å². The topological polar surface area (TPSA) is 86.8 Å². The van der Waals surface area contributed by atoms with E-state index in [4.69, 9.17) is 0 Å². The summed E-state index contributed by atoms with van der Waals surface area (Å²) in [6.45, 7) is 5.28. The summed E-state index contributed by atoms with van der Waals surface area (Å²) in [6, 6.07) is 27.5. The second-order valence-electron chi connectivity index (χ2n) is 11.0. The molecule has 45 heavy (non-hydrogen) atoms. The Balaban J connectivity index is 1.82. The Hall–Kier alpha value is -4.50. The Bertz CT molecular complexity index is 1700. The maximum Gasteiger partial charge on any atom is 0.264 e. The van der Waals surface area contributed by atoms with Gasteiger partial charge in [-0.25, -0.2) is 12.8 Å². The molecule has 0 fully saturated rings. The van der Waals surface area contributed by atoms with E-state index >= 15 is 4.39 Å². The Morgan fingerprint density at radius 1 is 0.844 bits per heavy atom. The fourth-order valence-corrected chi connectivity index (χ4v) is 6.60. The lowest BCUT2D eigenvalue weighted by molar-refractivity contribution is -0.140. The highest BCUT2D eigenvalue weighted by atomic mass is 32.2. The summed E-state index contributed by atoms with van der Waals surface area (Å²) < 4.78 is 44.4. The minimum Gasteiger partial charge on any atom is -0.354 e. The van der Waals surface area contributed by atoms with E-state index in [1.165, 1.54) is 23.1 Å². The lowest BCUT2D eigenvalue weighted by Crippen LogP contribution is -2.53. The van der Waals surface area contributed by atoms with Gasteiger partial charge in [-0.1, -0.05) is 92.2 Å². The Morgan fingerprint density at radius 3 is 2.16 bits per heavy atom. The highest BCUT2D eigenvalue weighted by molar-refractivity contribution is 7.92. The number of amides is 2. The predicted octanol–water partition coefficient (Wildman–Crippen LogP) is 6.19. The van der Waals surface area contributed by atoms with Crippen LogP contribution in [-0.4, -0.2) is 44.3 Å². The number of nitrogens with zero attached hydrogens (tertiary/aromatic N) is 2. The van der Waals surface area contributed by atoms with E-state index in [1.807, 2.05) is 50.2 Å². The van der Waals surface area contributed by atoms with Crippen molar-refractivity contribution in [1.82, 2.24) is 10.2 Å². The average Bonchev–Trinajstić information content (AvgIpc) is 3.04. The number of benzene rings is 4. The maximum atomic E-state index is 15.0. The van der Waals surface area contributed by atoms with Crippen LogP contribution >= 0.6 is 0 Å². The highest BCUT2D eigenvalue weighted by Crippen LogP contribution is 2.29. The monoisotopic (exact) mass is 629 g/mol. The molecule has 9 heteroatoms. The van der Waals surface area contributed by atoms with Gasteiger partial charge in [-0.2, -0.15) is 0 Å². The first-order chi connectivity index (χ1) is 21.6. The normalized spacial score (nSPS) is 11.9. The van der Waals surface area contributed by atoms with Crippen molar-refractivity contribution in [3.63, 3.8) is 0 Å². The van der Waals surface area contributed by atoms with E-state index in [2.05, 4.69) is 5.32 Å². The van der Waals surface area contributed by atoms with Crippen molar-refractivity contribution in [3.05, 3.63) is 131 Å². The summed E-state index contributed by atoms with van der Waals surface area (Å²) in [6.07, 6.45) is 1.78. The van der Waals surface area contributed by atoms with E-state index in [0.717, 1.165) is 28.3 Å². The standard InChI is InChI=1S/C36H40FN3O4S/c1-4-5-23-38-36(42)34(24-29-16-8-6-9-17-29)39(25-30-18-12-13-21-32(30)37)35(41)26-40(33-22-14-15-27(2)28(33)3)45(43,44)31-19-10-7-11-20-31/h6-22,34H,4-5,23-26H2,1-3H3,(H,38,42)/t34-/m1/s1. The molecule has 0 aliphatic heterocycles. The van der Waals surface area contributed by atoms with Gasteiger partial charge < -0.3 is 10.2 Å². The van der Waals surface area contributed by atoms with Gasteiger partial charge in [0.25, 0.3) is 10.0 Å². The van der Waals surface area contributed by atoms with Crippen LogP contribution < -0.4 is 9.62 Å². The number of nitrogens with one attached hydrogen (secondary N) is 1. The largest absolute Gasteiger partial charge is 0.354 e. The van der Waals surface area contributed by atoms with Gasteiger partial charge in [0.15, 0.2) is 0 Å². The van der Waals surface area contributed by atoms with Crippen LogP contribution in [0.15, 0.2) is 108 Å². The molecule has 0 heterocycles. The smallest absolute Gasteiger partial charge is 0.264 e. The number of aryl methyl sites for hydroxylation is 1. The quantitative estimate of drug-likeness (QED) is 0.169. The van der Waals surface area contributed by atoms with E-state index < -0.39 is 34.3 Å². The third-order valence-electron chi connectivity index (χ3n) is 7.85. The molecule has 4 aromatic carbocycles. The lowest BCUT2D eigenvalue weighted by atomic mass is 10.0. The molecule has 236 valence electrons. The second kappa shape index (κ2) is 15.5. The minimum atomic E-state index is -4.21. The molecule has 0 aromatic heterocycles. The van der Waals surface area contributed by atoms with Gasteiger partial charge in [0, 0.05) is 25.1 Å². The Labute approximate surface area is 265 Å². The van der Waals surface area contributed by atoms with Crippen LogP contribution in [0.25, 0.3) is 0 Å². The number of carbonyl (C=O) groups is 2. The van der Waals surface area contributed by atoms with Crippen LogP contribution in [0.2, 0.25) is 0 Å². The number of carbonyl (C=O) groups excluding carboxylic acids is 2. The van der Waals surface area contributed by atoms with Crippen molar-refractivity contribution in [2.75, 3.05) is 17.4 Å². The van der Waals surface area contributed by atoms with Crippen LogP contribution in [0.5, 0.6) is 0 Å². The van der Waals surface area contributed by atoms with E-state index in [-0.39, 0.29) is 29.3 Å². The molecule has 0 aliphatic rings. The SMILES string of the molecule is CCCCNC(=O)[C@@H](Cc1ccccc1)N(Cc1ccccc1F)C(=O)CN(c1cccc(C)c1C)S(=O)(=O)c1ccccc1. The van der Waals surface area contributed by atoms with Crippen molar-refractivity contribution < 1.29 is 22.4 Å². The van der Waals surface area contributed by atoms with E-state index in [9.17, 15) is 18.0 Å². The van der Waals surface area contributed by atoms with Crippen LogP contribution in [0.4, 0.5) is 10.1 Å². The first kappa shape index (κ1) is 33.4. The third kappa shape index (κ3) is 8.36. The zero-order valence-corrected chi connectivity index (χ0v) is 26.8. The Morgan fingerprint density at radius 2 is 1.49 bits per heavy atom. The first-order valence-corrected chi connectivity index (χ1v) is 16.6. The van der Waals surface area contributed by atoms with E-state index in [0.29, 0.717) is 17.8 Å². The molecule has 0 saturated heterocycles. The zero-order valence-electron chi connectivity index (χ0n) is 25.9. The van der Waals surface area contributed by atoms with Gasteiger partial charge in [0.05, 0.1) is 10.6 Å². The molecule has 4 rings (SSSR count). The molecule has 0 spiro atoms. The van der Waals surface area contributed by atoms with Crippen molar-refractivity contribution in [2.45, 2.75) is 57.5 Å². The van der Waals surface area contributed by atoms with Crippen LogP contribution in [0, 0.1) is 19.7 Å².